The predicted molar refractivity (Wildman–Crippen MR) is 65.1 cm³/mol. The standard InChI is InChI=1S/C13H26N2/c1-13(2)8-11(9-14-3)10-15(13)12-6-4-5-7-12/h11-12,14H,4-10H2,1-3H3. The molecule has 1 saturated heterocycles. The van der Waals surface area contributed by atoms with Crippen LogP contribution in [-0.4, -0.2) is 36.6 Å². The number of nitrogens with zero attached hydrogens (tertiary/aromatic N) is 1. The largest absolute Gasteiger partial charge is 0.319 e. The second-order valence-electron chi connectivity index (χ2n) is 6.03. The molecule has 1 aliphatic carbocycles. The summed E-state index contributed by atoms with van der Waals surface area (Å²) in [5, 5.41) is 3.33. The molecule has 2 rings (SSSR count). The molecular weight excluding hydrogens is 184 g/mol. The summed E-state index contributed by atoms with van der Waals surface area (Å²) in [6.45, 7) is 7.37. The first-order valence-electron chi connectivity index (χ1n) is 6.55. The van der Waals surface area contributed by atoms with Gasteiger partial charge in [0.15, 0.2) is 0 Å². The van der Waals surface area contributed by atoms with E-state index in [2.05, 4.69) is 31.1 Å². The Morgan fingerprint density at radius 1 is 1.27 bits per heavy atom. The fraction of sp³-hybridized carbons (Fsp3) is 1.00. The Kier molecular flexibility index (Phi) is 3.36. The summed E-state index contributed by atoms with van der Waals surface area (Å²) in [6.07, 6.45) is 7.15. The van der Waals surface area contributed by atoms with Gasteiger partial charge in [-0.25, -0.2) is 0 Å². The fourth-order valence-electron chi connectivity index (χ4n) is 3.70. The quantitative estimate of drug-likeness (QED) is 0.768. The van der Waals surface area contributed by atoms with Gasteiger partial charge in [-0.15, -0.1) is 0 Å². The van der Waals surface area contributed by atoms with Crippen molar-refractivity contribution in [2.75, 3.05) is 20.1 Å². The van der Waals surface area contributed by atoms with Crippen molar-refractivity contribution in [3.63, 3.8) is 0 Å². The summed E-state index contributed by atoms with van der Waals surface area (Å²) in [4.78, 5) is 2.79. The van der Waals surface area contributed by atoms with E-state index in [1.165, 1.54) is 45.2 Å². The van der Waals surface area contributed by atoms with Gasteiger partial charge in [0.2, 0.25) is 0 Å². The van der Waals surface area contributed by atoms with Gasteiger partial charge in [0, 0.05) is 18.1 Å². The summed E-state index contributed by atoms with van der Waals surface area (Å²) in [5.74, 6) is 0.866. The Morgan fingerprint density at radius 3 is 2.53 bits per heavy atom. The third-order valence-corrected chi connectivity index (χ3v) is 4.28. The molecule has 1 heterocycles. The first kappa shape index (κ1) is 11.4. The van der Waals surface area contributed by atoms with Crippen molar-refractivity contribution in [3.8, 4) is 0 Å². The molecule has 2 aliphatic rings. The third-order valence-electron chi connectivity index (χ3n) is 4.28. The van der Waals surface area contributed by atoms with Gasteiger partial charge in [-0.1, -0.05) is 12.8 Å². The Hall–Kier alpha value is -0.0800. The van der Waals surface area contributed by atoms with Gasteiger partial charge >= 0.3 is 0 Å². The molecule has 1 atom stereocenters. The zero-order valence-corrected chi connectivity index (χ0v) is 10.6. The maximum absolute atomic E-state index is 3.33. The zero-order valence-electron chi connectivity index (χ0n) is 10.6. The maximum atomic E-state index is 3.33. The lowest BCUT2D eigenvalue weighted by Gasteiger charge is -2.36. The molecule has 88 valence electrons. The van der Waals surface area contributed by atoms with Gasteiger partial charge in [0.1, 0.15) is 0 Å². The average Bonchev–Trinajstić information content (AvgIpc) is 2.73. The minimum Gasteiger partial charge on any atom is -0.319 e. The Labute approximate surface area is 94.4 Å². The molecule has 0 aromatic carbocycles. The molecule has 2 fully saturated rings. The monoisotopic (exact) mass is 210 g/mol. The van der Waals surface area contributed by atoms with Crippen LogP contribution in [0.3, 0.4) is 0 Å². The summed E-state index contributed by atoms with van der Waals surface area (Å²) < 4.78 is 0. The van der Waals surface area contributed by atoms with Gasteiger partial charge in [-0.2, -0.15) is 0 Å². The van der Waals surface area contributed by atoms with Crippen molar-refractivity contribution in [2.45, 2.75) is 57.5 Å². The summed E-state index contributed by atoms with van der Waals surface area (Å²) in [6, 6.07) is 0.891. The Morgan fingerprint density at radius 2 is 1.93 bits per heavy atom. The van der Waals surface area contributed by atoms with E-state index >= 15 is 0 Å². The maximum Gasteiger partial charge on any atom is 0.0159 e. The van der Waals surface area contributed by atoms with Crippen molar-refractivity contribution >= 4 is 0 Å². The van der Waals surface area contributed by atoms with Crippen LogP contribution in [0.2, 0.25) is 0 Å². The molecule has 1 aliphatic heterocycles. The van der Waals surface area contributed by atoms with Crippen molar-refractivity contribution in [2.24, 2.45) is 5.92 Å². The number of hydrogen-bond donors (Lipinski definition) is 1. The number of rotatable bonds is 3. The van der Waals surface area contributed by atoms with Crippen LogP contribution < -0.4 is 5.32 Å². The van der Waals surface area contributed by atoms with E-state index in [0.717, 1.165) is 12.0 Å². The van der Waals surface area contributed by atoms with Crippen molar-refractivity contribution in [1.82, 2.24) is 10.2 Å². The van der Waals surface area contributed by atoms with Gasteiger partial charge < -0.3 is 5.32 Å². The predicted octanol–water partition coefficient (Wildman–Crippen LogP) is 2.25. The van der Waals surface area contributed by atoms with E-state index in [1.807, 2.05) is 0 Å². The summed E-state index contributed by atoms with van der Waals surface area (Å²) in [5.41, 5.74) is 0.441. The molecule has 1 unspecified atom stereocenters. The molecule has 0 radical (unpaired) electrons. The van der Waals surface area contributed by atoms with Crippen LogP contribution in [0.25, 0.3) is 0 Å². The van der Waals surface area contributed by atoms with E-state index < -0.39 is 0 Å². The van der Waals surface area contributed by atoms with E-state index in [9.17, 15) is 0 Å². The molecular formula is C13H26N2. The molecule has 0 aromatic rings. The molecule has 2 nitrogen and oxygen atoms in total. The second kappa shape index (κ2) is 4.42. The molecule has 15 heavy (non-hydrogen) atoms. The zero-order chi connectivity index (χ0) is 10.9. The Bertz CT molecular complexity index is 207. The average molecular weight is 210 g/mol. The lowest BCUT2D eigenvalue weighted by molar-refractivity contribution is 0.117. The number of likely N-dealkylation sites (tertiary alicyclic amines) is 1. The minimum atomic E-state index is 0.441. The van der Waals surface area contributed by atoms with Crippen LogP contribution in [0.15, 0.2) is 0 Å². The SMILES string of the molecule is CNCC1CN(C2CCCC2)C(C)(C)C1. The normalized spacial score (nSPS) is 32.6. The van der Waals surface area contributed by atoms with Crippen LogP contribution in [0.5, 0.6) is 0 Å². The van der Waals surface area contributed by atoms with Gasteiger partial charge in [-0.05, 0) is 52.6 Å². The van der Waals surface area contributed by atoms with Gasteiger partial charge in [0.25, 0.3) is 0 Å². The molecule has 0 amide bonds. The lowest BCUT2D eigenvalue weighted by atomic mass is 9.95. The highest BCUT2D eigenvalue weighted by molar-refractivity contribution is 4.97. The van der Waals surface area contributed by atoms with Crippen LogP contribution in [-0.2, 0) is 0 Å². The first-order chi connectivity index (χ1) is 7.13. The summed E-state index contributed by atoms with van der Waals surface area (Å²) in [7, 11) is 2.07. The van der Waals surface area contributed by atoms with Gasteiger partial charge in [0.05, 0.1) is 0 Å². The second-order valence-corrected chi connectivity index (χ2v) is 6.03. The van der Waals surface area contributed by atoms with Crippen molar-refractivity contribution in [3.05, 3.63) is 0 Å². The van der Waals surface area contributed by atoms with Crippen LogP contribution >= 0.6 is 0 Å². The summed E-state index contributed by atoms with van der Waals surface area (Å²) >= 11 is 0. The smallest absolute Gasteiger partial charge is 0.0159 e. The molecule has 0 bridgehead atoms. The van der Waals surface area contributed by atoms with Crippen LogP contribution in [0.1, 0.15) is 46.0 Å². The highest BCUT2D eigenvalue weighted by Crippen LogP contribution is 2.38. The van der Waals surface area contributed by atoms with Gasteiger partial charge in [-0.3, -0.25) is 4.90 Å². The lowest BCUT2D eigenvalue weighted by Crippen LogP contribution is -2.44. The third kappa shape index (κ3) is 2.36. The van der Waals surface area contributed by atoms with Crippen molar-refractivity contribution < 1.29 is 0 Å². The minimum absolute atomic E-state index is 0.441. The van der Waals surface area contributed by atoms with E-state index in [4.69, 9.17) is 0 Å². The first-order valence-corrected chi connectivity index (χ1v) is 6.55. The molecule has 1 saturated carbocycles. The van der Waals surface area contributed by atoms with E-state index in [-0.39, 0.29) is 0 Å². The number of nitrogens with one attached hydrogen (secondary N) is 1. The highest BCUT2D eigenvalue weighted by atomic mass is 15.2. The molecule has 0 spiro atoms. The van der Waals surface area contributed by atoms with E-state index in [0.29, 0.717) is 5.54 Å². The molecule has 2 heteroatoms. The topological polar surface area (TPSA) is 15.3 Å². The van der Waals surface area contributed by atoms with Crippen molar-refractivity contribution in [1.29, 1.82) is 0 Å². The Balaban J connectivity index is 1.98. The number of hydrogen-bond acceptors (Lipinski definition) is 2. The fourth-order valence-corrected chi connectivity index (χ4v) is 3.70. The van der Waals surface area contributed by atoms with E-state index in [1.54, 1.807) is 0 Å². The molecule has 0 aromatic heterocycles. The van der Waals surface area contributed by atoms with Crippen LogP contribution in [0.4, 0.5) is 0 Å². The highest BCUT2D eigenvalue weighted by Gasteiger charge is 2.41. The van der Waals surface area contributed by atoms with Crippen LogP contribution in [0, 0.1) is 5.92 Å². The molecule has 1 N–H and O–H groups in total.